The molecule has 0 saturated heterocycles. The average molecular weight is 379 g/mol. The van der Waals surface area contributed by atoms with Gasteiger partial charge in [-0.2, -0.15) is 0 Å². The summed E-state index contributed by atoms with van der Waals surface area (Å²) >= 11 is 0. The molecule has 4 aromatic carbocycles. The fraction of sp³-hybridized carbons (Fsp3) is 0.111. The Labute approximate surface area is 173 Å². The van der Waals surface area contributed by atoms with Crippen LogP contribution in [0.3, 0.4) is 0 Å². The molecule has 0 bridgehead atoms. The monoisotopic (exact) mass is 378 g/mol. The topological polar surface area (TPSA) is 38.0 Å². The molecular weight excluding hydrogens is 352 g/mol. The Morgan fingerprint density at radius 1 is 0.552 bits per heavy atom. The van der Waals surface area contributed by atoms with Crippen LogP contribution in [0.2, 0.25) is 0 Å². The summed E-state index contributed by atoms with van der Waals surface area (Å²) in [5.74, 6) is 0. The van der Waals surface area contributed by atoms with Crippen LogP contribution in [0.5, 0.6) is 0 Å². The second kappa shape index (κ2) is 7.84. The van der Waals surface area contributed by atoms with Crippen LogP contribution in [0, 0.1) is 20.8 Å². The van der Waals surface area contributed by atoms with Crippen LogP contribution >= 0.6 is 0 Å². The van der Waals surface area contributed by atoms with Gasteiger partial charge in [0.2, 0.25) is 0 Å². The van der Waals surface area contributed by atoms with E-state index < -0.39 is 0 Å². The fourth-order valence-electron chi connectivity index (χ4n) is 3.68. The highest BCUT2D eigenvalue weighted by atomic mass is 14.9. The van der Waals surface area contributed by atoms with E-state index in [1.54, 1.807) is 0 Å². The van der Waals surface area contributed by atoms with Gasteiger partial charge in [-0.3, -0.25) is 0 Å². The number of nitrogen functional groups attached to an aromatic ring is 1. The Bertz CT molecular complexity index is 1140. The molecule has 4 rings (SSSR count). The van der Waals surface area contributed by atoms with E-state index in [-0.39, 0.29) is 0 Å². The van der Waals surface area contributed by atoms with Crippen LogP contribution < -0.4 is 11.1 Å². The van der Waals surface area contributed by atoms with E-state index in [2.05, 4.69) is 98.9 Å². The van der Waals surface area contributed by atoms with E-state index in [1.165, 1.54) is 33.4 Å². The molecule has 0 aliphatic rings. The fourth-order valence-corrected chi connectivity index (χ4v) is 3.68. The zero-order chi connectivity index (χ0) is 20.4. The van der Waals surface area contributed by atoms with Crippen molar-refractivity contribution in [2.45, 2.75) is 20.8 Å². The highest BCUT2D eigenvalue weighted by Gasteiger charge is 2.11. The van der Waals surface area contributed by atoms with E-state index >= 15 is 0 Å². The predicted octanol–water partition coefficient (Wildman–Crippen LogP) is 7.27. The van der Waals surface area contributed by atoms with Gasteiger partial charge in [0.15, 0.2) is 0 Å². The predicted molar refractivity (Wildman–Crippen MR) is 126 cm³/mol. The first-order valence-electron chi connectivity index (χ1n) is 9.91. The number of nitrogens with one attached hydrogen (secondary N) is 1. The van der Waals surface area contributed by atoms with Crippen molar-refractivity contribution in [1.82, 2.24) is 0 Å². The van der Waals surface area contributed by atoms with E-state index in [1.807, 2.05) is 12.1 Å². The van der Waals surface area contributed by atoms with Crippen molar-refractivity contribution < 1.29 is 0 Å². The largest absolute Gasteiger partial charge is 0.399 e. The maximum Gasteiger partial charge on any atom is 0.0390 e. The van der Waals surface area contributed by atoms with Gasteiger partial charge in [0.05, 0.1) is 0 Å². The second-order valence-corrected chi connectivity index (χ2v) is 7.69. The van der Waals surface area contributed by atoms with Crippen molar-refractivity contribution in [3.63, 3.8) is 0 Å². The smallest absolute Gasteiger partial charge is 0.0390 e. The molecule has 0 aliphatic heterocycles. The standard InChI is InChI=1S/C27H26N2/c1-18-4-11-23(12-5-18)29-24-13-15-26(21-7-9-22(28)10-8-21)27(17-24)25-14-6-19(2)16-20(25)3/h4-17,29H,28H2,1-3H3. The Morgan fingerprint density at radius 3 is 1.86 bits per heavy atom. The van der Waals surface area contributed by atoms with Gasteiger partial charge in [-0.05, 0) is 85.0 Å². The molecule has 29 heavy (non-hydrogen) atoms. The zero-order valence-electron chi connectivity index (χ0n) is 17.2. The minimum absolute atomic E-state index is 0.777. The molecule has 0 aromatic heterocycles. The van der Waals surface area contributed by atoms with Crippen LogP contribution in [-0.4, -0.2) is 0 Å². The molecule has 0 heterocycles. The molecule has 0 aliphatic carbocycles. The normalized spacial score (nSPS) is 10.7. The minimum Gasteiger partial charge on any atom is -0.399 e. The Morgan fingerprint density at radius 2 is 1.17 bits per heavy atom. The summed E-state index contributed by atoms with van der Waals surface area (Å²) in [5.41, 5.74) is 17.5. The molecule has 4 aromatic rings. The Kier molecular flexibility index (Phi) is 5.09. The van der Waals surface area contributed by atoms with E-state index in [9.17, 15) is 0 Å². The number of benzene rings is 4. The van der Waals surface area contributed by atoms with Gasteiger partial charge in [-0.15, -0.1) is 0 Å². The lowest BCUT2D eigenvalue weighted by atomic mass is 9.91. The number of aryl methyl sites for hydroxylation is 3. The molecule has 0 fully saturated rings. The van der Waals surface area contributed by atoms with Crippen molar-refractivity contribution >= 4 is 17.1 Å². The van der Waals surface area contributed by atoms with Crippen LogP contribution in [-0.2, 0) is 0 Å². The second-order valence-electron chi connectivity index (χ2n) is 7.69. The summed E-state index contributed by atoms with van der Waals surface area (Å²) in [7, 11) is 0. The zero-order valence-corrected chi connectivity index (χ0v) is 17.2. The van der Waals surface area contributed by atoms with Gasteiger partial charge in [-0.25, -0.2) is 0 Å². The lowest BCUT2D eigenvalue weighted by molar-refractivity contribution is 1.38. The summed E-state index contributed by atoms with van der Waals surface area (Å²) in [6, 6.07) is 29.8. The van der Waals surface area contributed by atoms with Crippen LogP contribution in [0.1, 0.15) is 16.7 Å². The molecule has 0 radical (unpaired) electrons. The first-order valence-corrected chi connectivity index (χ1v) is 9.91. The molecular formula is C27H26N2. The SMILES string of the molecule is Cc1ccc(Nc2ccc(-c3ccc(N)cc3)c(-c3ccc(C)cc3C)c2)cc1. The number of rotatable bonds is 4. The highest BCUT2D eigenvalue weighted by molar-refractivity contribution is 5.88. The minimum atomic E-state index is 0.777. The van der Waals surface area contributed by atoms with Gasteiger partial charge >= 0.3 is 0 Å². The molecule has 0 atom stereocenters. The van der Waals surface area contributed by atoms with Crippen molar-refractivity contribution in [3.05, 3.63) is 102 Å². The first-order chi connectivity index (χ1) is 14.0. The molecule has 3 N–H and O–H groups in total. The van der Waals surface area contributed by atoms with Crippen molar-refractivity contribution in [3.8, 4) is 22.3 Å². The third-order valence-electron chi connectivity index (χ3n) is 5.25. The van der Waals surface area contributed by atoms with Crippen LogP contribution in [0.4, 0.5) is 17.1 Å². The lowest BCUT2D eigenvalue weighted by Crippen LogP contribution is -1.94. The van der Waals surface area contributed by atoms with Gasteiger partial charge < -0.3 is 11.1 Å². The van der Waals surface area contributed by atoms with Crippen molar-refractivity contribution in [2.24, 2.45) is 0 Å². The van der Waals surface area contributed by atoms with Crippen molar-refractivity contribution in [2.75, 3.05) is 11.1 Å². The summed E-state index contributed by atoms with van der Waals surface area (Å²) < 4.78 is 0. The third kappa shape index (κ3) is 4.17. The number of hydrogen-bond acceptors (Lipinski definition) is 2. The van der Waals surface area contributed by atoms with Gasteiger partial charge in [0.1, 0.15) is 0 Å². The molecule has 144 valence electrons. The third-order valence-corrected chi connectivity index (χ3v) is 5.25. The van der Waals surface area contributed by atoms with E-state index in [4.69, 9.17) is 5.73 Å². The average Bonchev–Trinajstić information content (AvgIpc) is 2.71. The number of hydrogen-bond donors (Lipinski definition) is 2. The van der Waals surface area contributed by atoms with Crippen LogP contribution in [0.25, 0.3) is 22.3 Å². The molecule has 0 saturated carbocycles. The molecule has 2 nitrogen and oxygen atoms in total. The summed E-state index contributed by atoms with van der Waals surface area (Å²) in [6.45, 7) is 6.41. The van der Waals surface area contributed by atoms with Crippen LogP contribution in [0.15, 0.2) is 84.9 Å². The maximum atomic E-state index is 5.91. The molecule has 0 amide bonds. The molecule has 0 spiro atoms. The quantitative estimate of drug-likeness (QED) is 0.366. The summed E-state index contributed by atoms with van der Waals surface area (Å²) in [4.78, 5) is 0. The first kappa shape index (κ1) is 18.8. The van der Waals surface area contributed by atoms with Gasteiger partial charge in [0.25, 0.3) is 0 Å². The lowest BCUT2D eigenvalue weighted by Gasteiger charge is -2.16. The number of nitrogens with two attached hydrogens (primary N) is 1. The molecule has 2 heteroatoms. The highest BCUT2D eigenvalue weighted by Crippen LogP contribution is 2.37. The van der Waals surface area contributed by atoms with E-state index in [0.717, 1.165) is 22.6 Å². The van der Waals surface area contributed by atoms with Gasteiger partial charge in [-0.1, -0.05) is 59.7 Å². The molecule has 0 unspecified atom stereocenters. The number of anilines is 3. The van der Waals surface area contributed by atoms with E-state index in [0.29, 0.717) is 0 Å². The Hall–Kier alpha value is -3.52. The summed E-state index contributed by atoms with van der Waals surface area (Å²) in [5, 5.41) is 3.54. The summed E-state index contributed by atoms with van der Waals surface area (Å²) in [6.07, 6.45) is 0. The van der Waals surface area contributed by atoms with Gasteiger partial charge in [0, 0.05) is 17.1 Å². The van der Waals surface area contributed by atoms with Crippen molar-refractivity contribution in [1.29, 1.82) is 0 Å². The Balaban J connectivity index is 1.82. The maximum absolute atomic E-state index is 5.91.